The van der Waals surface area contributed by atoms with Gasteiger partial charge in [0.2, 0.25) is 5.91 Å². The third kappa shape index (κ3) is 3.77. The summed E-state index contributed by atoms with van der Waals surface area (Å²) >= 11 is 0. The van der Waals surface area contributed by atoms with Crippen LogP contribution in [0.4, 0.5) is 0 Å². The van der Waals surface area contributed by atoms with Gasteiger partial charge in [-0.05, 0) is 6.92 Å². The first kappa shape index (κ1) is 11.2. The maximum absolute atomic E-state index is 11.6. The molecule has 1 aromatic carbocycles. The van der Waals surface area contributed by atoms with E-state index in [1.54, 1.807) is 31.2 Å². The monoisotopic (exact) mass is 203 g/mol. The Labute approximate surface area is 88.8 Å². The maximum Gasteiger partial charge on any atom is 0.220 e. The van der Waals surface area contributed by atoms with Crippen molar-refractivity contribution >= 4 is 11.7 Å². The summed E-state index contributed by atoms with van der Waals surface area (Å²) in [5, 5.41) is 2.54. The molecular formula is C12H13NO2. The molecule has 78 valence electrons. The van der Waals surface area contributed by atoms with Crippen LogP contribution >= 0.6 is 0 Å². The van der Waals surface area contributed by atoms with E-state index < -0.39 is 0 Å². The van der Waals surface area contributed by atoms with Gasteiger partial charge in [-0.2, -0.15) is 0 Å². The van der Waals surface area contributed by atoms with Crippen molar-refractivity contribution in [3.8, 4) is 0 Å². The van der Waals surface area contributed by atoms with Gasteiger partial charge in [-0.1, -0.05) is 30.3 Å². The highest BCUT2D eigenvalue weighted by atomic mass is 16.1. The van der Waals surface area contributed by atoms with Crippen LogP contribution in [-0.2, 0) is 4.79 Å². The van der Waals surface area contributed by atoms with Crippen LogP contribution in [0.3, 0.4) is 0 Å². The van der Waals surface area contributed by atoms with E-state index in [4.69, 9.17) is 0 Å². The molecule has 3 heteroatoms. The van der Waals surface area contributed by atoms with Crippen molar-refractivity contribution in [2.24, 2.45) is 0 Å². The second-order valence-corrected chi connectivity index (χ2v) is 3.24. The molecule has 1 amide bonds. The minimum atomic E-state index is -0.176. The first-order valence-electron chi connectivity index (χ1n) is 4.65. The van der Waals surface area contributed by atoms with Gasteiger partial charge in [-0.25, -0.2) is 0 Å². The number of benzene rings is 1. The standard InChI is InChI=1S/C12H13NO2/c1-9(13-10(2)14)8-12(15)11-6-4-3-5-7-11/h3-8H,1-2H3,(H,13,14)/b9-8-. The van der Waals surface area contributed by atoms with Gasteiger partial charge in [-0.3, -0.25) is 9.59 Å². The molecule has 0 aliphatic carbocycles. The molecule has 0 fully saturated rings. The van der Waals surface area contributed by atoms with Gasteiger partial charge in [0.15, 0.2) is 5.78 Å². The first-order chi connectivity index (χ1) is 7.09. The topological polar surface area (TPSA) is 46.2 Å². The van der Waals surface area contributed by atoms with Gasteiger partial charge in [-0.15, -0.1) is 0 Å². The zero-order valence-corrected chi connectivity index (χ0v) is 8.78. The van der Waals surface area contributed by atoms with Crippen LogP contribution in [0.5, 0.6) is 0 Å². The largest absolute Gasteiger partial charge is 0.330 e. The summed E-state index contributed by atoms with van der Waals surface area (Å²) in [5.41, 5.74) is 1.17. The smallest absolute Gasteiger partial charge is 0.220 e. The van der Waals surface area contributed by atoms with E-state index in [0.29, 0.717) is 11.3 Å². The van der Waals surface area contributed by atoms with E-state index in [2.05, 4.69) is 5.32 Å². The van der Waals surface area contributed by atoms with Gasteiger partial charge in [0.1, 0.15) is 0 Å². The normalized spacial score (nSPS) is 10.9. The molecule has 0 bridgehead atoms. The number of amides is 1. The number of allylic oxidation sites excluding steroid dienone is 2. The highest BCUT2D eigenvalue weighted by molar-refractivity contribution is 6.05. The second kappa shape index (κ2) is 5.10. The van der Waals surface area contributed by atoms with Crippen LogP contribution < -0.4 is 5.32 Å². The molecule has 0 aromatic heterocycles. The lowest BCUT2D eigenvalue weighted by Crippen LogP contribution is -2.18. The fraction of sp³-hybridized carbons (Fsp3) is 0.167. The minimum absolute atomic E-state index is 0.109. The summed E-state index contributed by atoms with van der Waals surface area (Å²) < 4.78 is 0. The van der Waals surface area contributed by atoms with Gasteiger partial charge < -0.3 is 5.32 Å². The second-order valence-electron chi connectivity index (χ2n) is 3.24. The molecule has 1 N–H and O–H groups in total. The Morgan fingerprint density at radius 2 is 1.73 bits per heavy atom. The van der Waals surface area contributed by atoms with Gasteiger partial charge in [0, 0.05) is 24.3 Å². The molecule has 0 unspecified atom stereocenters. The van der Waals surface area contributed by atoms with Gasteiger partial charge in [0.25, 0.3) is 0 Å². The molecule has 3 nitrogen and oxygen atoms in total. The zero-order chi connectivity index (χ0) is 11.3. The van der Waals surface area contributed by atoms with Crippen LogP contribution in [-0.4, -0.2) is 11.7 Å². The number of hydrogen-bond acceptors (Lipinski definition) is 2. The van der Waals surface area contributed by atoms with Crippen molar-refractivity contribution in [2.45, 2.75) is 13.8 Å². The molecule has 0 radical (unpaired) electrons. The Kier molecular flexibility index (Phi) is 3.80. The highest BCUT2D eigenvalue weighted by Crippen LogP contribution is 2.02. The van der Waals surface area contributed by atoms with Crippen LogP contribution in [0.25, 0.3) is 0 Å². The van der Waals surface area contributed by atoms with Crippen molar-refractivity contribution in [3.63, 3.8) is 0 Å². The van der Waals surface area contributed by atoms with E-state index in [0.717, 1.165) is 0 Å². The predicted octanol–water partition coefficient (Wildman–Crippen LogP) is 1.91. The molecule has 0 spiro atoms. The summed E-state index contributed by atoms with van der Waals surface area (Å²) in [4.78, 5) is 22.3. The summed E-state index contributed by atoms with van der Waals surface area (Å²) in [6.07, 6.45) is 1.41. The SMILES string of the molecule is CC(=O)N/C(C)=C\C(=O)c1ccccc1. The Morgan fingerprint density at radius 1 is 1.13 bits per heavy atom. The molecule has 0 aliphatic heterocycles. The van der Waals surface area contributed by atoms with E-state index in [1.165, 1.54) is 13.0 Å². The average Bonchev–Trinajstić information content (AvgIpc) is 2.17. The average molecular weight is 203 g/mol. The third-order valence-corrected chi connectivity index (χ3v) is 1.78. The van der Waals surface area contributed by atoms with Crippen LogP contribution in [0.15, 0.2) is 42.1 Å². The zero-order valence-electron chi connectivity index (χ0n) is 8.78. The van der Waals surface area contributed by atoms with Crippen molar-refractivity contribution in [2.75, 3.05) is 0 Å². The van der Waals surface area contributed by atoms with Crippen molar-refractivity contribution in [3.05, 3.63) is 47.7 Å². The number of nitrogens with one attached hydrogen (secondary N) is 1. The van der Waals surface area contributed by atoms with Crippen LogP contribution in [0, 0.1) is 0 Å². The van der Waals surface area contributed by atoms with Gasteiger partial charge >= 0.3 is 0 Å². The molecule has 15 heavy (non-hydrogen) atoms. The molecular weight excluding hydrogens is 190 g/mol. The fourth-order valence-corrected chi connectivity index (χ4v) is 1.20. The summed E-state index contributed by atoms with van der Waals surface area (Å²) in [6.45, 7) is 3.09. The fourth-order valence-electron chi connectivity index (χ4n) is 1.20. The molecule has 0 aliphatic rings. The number of carbonyl (C=O) groups is 2. The first-order valence-corrected chi connectivity index (χ1v) is 4.65. The summed E-state index contributed by atoms with van der Waals surface area (Å²) in [7, 11) is 0. The highest BCUT2D eigenvalue weighted by Gasteiger charge is 2.02. The van der Waals surface area contributed by atoms with E-state index in [1.807, 2.05) is 6.07 Å². The molecule has 0 saturated carbocycles. The lowest BCUT2D eigenvalue weighted by atomic mass is 10.1. The van der Waals surface area contributed by atoms with Gasteiger partial charge in [0.05, 0.1) is 0 Å². The summed E-state index contributed by atoms with van der Waals surface area (Å²) in [6, 6.07) is 8.92. The Morgan fingerprint density at radius 3 is 2.27 bits per heavy atom. The van der Waals surface area contributed by atoms with E-state index >= 15 is 0 Å². The molecule has 1 aromatic rings. The summed E-state index contributed by atoms with van der Waals surface area (Å²) in [5.74, 6) is -0.286. The lowest BCUT2D eigenvalue weighted by Gasteiger charge is -2.00. The van der Waals surface area contributed by atoms with E-state index in [9.17, 15) is 9.59 Å². The van der Waals surface area contributed by atoms with Crippen LogP contribution in [0.2, 0.25) is 0 Å². The Balaban J connectivity index is 2.75. The minimum Gasteiger partial charge on any atom is -0.330 e. The lowest BCUT2D eigenvalue weighted by molar-refractivity contribution is -0.118. The maximum atomic E-state index is 11.6. The predicted molar refractivity (Wildman–Crippen MR) is 58.3 cm³/mol. The number of hydrogen-bond donors (Lipinski definition) is 1. The third-order valence-electron chi connectivity index (χ3n) is 1.78. The Hall–Kier alpha value is -1.90. The van der Waals surface area contributed by atoms with E-state index in [-0.39, 0.29) is 11.7 Å². The molecule has 0 saturated heterocycles. The van der Waals surface area contributed by atoms with Crippen LogP contribution in [0.1, 0.15) is 24.2 Å². The van der Waals surface area contributed by atoms with Crippen molar-refractivity contribution < 1.29 is 9.59 Å². The quantitative estimate of drug-likeness (QED) is 0.602. The molecule has 1 rings (SSSR count). The van der Waals surface area contributed by atoms with Crippen molar-refractivity contribution in [1.82, 2.24) is 5.32 Å². The number of carbonyl (C=O) groups excluding carboxylic acids is 2. The number of ketones is 1. The molecule has 0 heterocycles. The molecule has 0 atom stereocenters. The van der Waals surface area contributed by atoms with Crippen molar-refractivity contribution in [1.29, 1.82) is 0 Å². The Bertz CT molecular complexity index is 393. The number of rotatable bonds is 3.